The lowest BCUT2D eigenvalue weighted by Gasteiger charge is -2.27. The number of hydrogen-bond acceptors (Lipinski definition) is 3. The zero-order valence-electron chi connectivity index (χ0n) is 9.45. The van der Waals surface area contributed by atoms with Gasteiger partial charge in [-0.1, -0.05) is 6.92 Å². The maximum absolute atomic E-state index is 11.8. The largest absolute Gasteiger partial charge is 0.373 e. The molecule has 1 amide bonds. The van der Waals surface area contributed by atoms with Crippen molar-refractivity contribution >= 4 is 5.91 Å². The molecule has 4 nitrogen and oxygen atoms in total. The second-order valence-corrected chi connectivity index (χ2v) is 4.96. The highest BCUT2D eigenvalue weighted by atomic mass is 16.5. The van der Waals surface area contributed by atoms with Gasteiger partial charge in [-0.25, -0.2) is 0 Å². The molecule has 4 unspecified atom stereocenters. The first-order valence-electron chi connectivity index (χ1n) is 5.78. The number of fused-ring (bicyclic) bond motifs is 2. The Bertz CT molecular complexity index is 265. The van der Waals surface area contributed by atoms with Crippen LogP contribution in [0.25, 0.3) is 0 Å². The van der Waals surface area contributed by atoms with E-state index in [1.807, 2.05) is 6.92 Å². The fourth-order valence-corrected chi connectivity index (χ4v) is 2.28. The molecule has 0 spiro atoms. The van der Waals surface area contributed by atoms with E-state index in [1.54, 1.807) is 6.92 Å². The molecule has 2 bridgehead atoms. The molecule has 0 aromatic rings. The summed E-state index contributed by atoms with van der Waals surface area (Å²) in [6, 6.07) is 0.186. The molecule has 3 N–H and O–H groups in total. The second kappa shape index (κ2) is 3.76. The molecule has 2 heterocycles. The molecule has 2 saturated heterocycles. The summed E-state index contributed by atoms with van der Waals surface area (Å²) >= 11 is 0. The standard InChI is InChI=1S/C11H20N2O2/c1-3-11(2,12)10(14)13-8-6-7-4-5-9(8)15-7/h7-9H,3-6,12H2,1-2H3,(H,13,14). The third-order valence-electron chi connectivity index (χ3n) is 3.68. The van der Waals surface area contributed by atoms with E-state index >= 15 is 0 Å². The van der Waals surface area contributed by atoms with Gasteiger partial charge in [0.2, 0.25) is 5.91 Å². The van der Waals surface area contributed by atoms with Crippen molar-refractivity contribution < 1.29 is 9.53 Å². The minimum Gasteiger partial charge on any atom is -0.373 e. The van der Waals surface area contributed by atoms with Crippen LogP contribution in [0.1, 0.15) is 39.5 Å². The summed E-state index contributed by atoms with van der Waals surface area (Å²) in [5.41, 5.74) is 5.13. The van der Waals surface area contributed by atoms with E-state index in [-0.39, 0.29) is 18.1 Å². The molecular weight excluding hydrogens is 192 g/mol. The topological polar surface area (TPSA) is 64.4 Å². The van der Waals surface area contributed by atoms with Crippen LogP contribution in [0.4, 0.5) is 0 Å². The van der Waals surface area contributed by atoms with Gasteiger partial charge in [0, 0.05) is 0 Å². The van der Waals surface area contributed by atoms with E-state index in [1.165, 1.54) is 0 Å². The molecule has 86 valence electrons. The van der Waals surface area contributed by atoms with Gasteiger partial charge in [0.25, 0.3) is 0 Å². The summed E-state index contributed by atoms with van der Waals surface area (Å²) in [5.74, 6) is -0.0499. The van der Waals surface area contributed by atoms with Gasteiger partial charge in [0.1, 0.15) is 0 Å². The van der Waals surface area contributed by atoms with Crippen LogP contribution in [-0.4, -0.2) is 29.7 Å². The van der Waals surface area contributed by atoms with Crippen LogP contribution < -0.4 is 11.1 Å². The SMILES string of the molecule is CCC(C)(N)C(=O)NC1CC2CCC1O2. The number of amides is 1. The molecule has 2 aliphatic rings. The van der Waals surface area contributed by atoms with Crippen molar-refractivity contribution in [3.05, 3.63) is 0 Å². The summed E-state index contributed by atoms with van der Waals surface area (Å²) in [6.07, 6.45) is 4.42. The molecular formula is C11H20N2O2. The van der Waals surface area contributed by atoms with Crippen molar-refractivity contribution in [3.8, 4) is 0 Å². The van der Waals surface area contributed by atoms with Crippen LogP contribution in [0.5, 0.6) is 0 Å². The average molecular weight is 212 g/mol. The third-order valence-corrected chi connectivity index (χ3v) is 3.68. The highest BCUT2D eigenvalue weighted by Gasteiger charge is 2.42. The Morgan fingerprint density at radius 3 is 2.80 bits per heavy atom. The number of nitrogens with one attached hydrogen (secondary N) is 1. The van der Waals surface area contributed by atoms with E-state index < -0.39 is 5.54 Å². The Morgan fingerprint density at radius 2 is 2.33 bits per heavy atom. The molecule has 0 aliphatic carbocycles. The minimum atomic E-state index is -0.748. The summed E-state index contributed by atoms with van der Waals surface area (Å²) in [7, 11) is 0. The molecule has 2 rings (SSSR count). The Kier molecular flexibility index (Phi) is 2.73. The number of hydrogen-bond donors (Lipinski definition) is 2. The summed E-state index contributed by atoms with van der Waals surface area (Å²) in [4.78, 5) is 11.8. The highest BCUT2D eigenvalue weighted by molar-refractivity contribution is 5.85. The summed E-state index contributed by atoms with van der Waals surface area (Å²) < 4.78 is 5.68. The highest BCUT2D eigenvalue weighted by Crippen LogP contribution is 2.34. The number of rotatable bonds is 3. The average Bonchev–Trinajstić information content (AvgIpc) is 2.79. The van der Waals surface area contributed by atoms with Crippen molar-refractivity contribution in [2.45, 2.75) is 63.3 Å². The van der Waals surface area contributed by atoms with Crippen molar-refractivity contribution in [3.63, 3.8) is 0 Å². The fraction of sp³-hybridized carbons (Fsp3) is 0.909. The van der Waals surface area contributed by atoms with Gasteiger partial charge in [-0.3, -0.25) is 4.79 Å². The smallest absolute Gasteiger partial charge is 0.240 e. The van der Waals surface area contributed by atoms with Gasteiger partial charge in [0.05, 0.1) is 23.8 Å². The van der Waals surface area contributed by atoms with E-state index in [0.29, 0.717) is 12.5 Å². The molecule has 4 heteroatoms. The molecule has 0 radical (unpaired) electrons. The first-order valence-corrected chi connectivity index (χ1v) is 5.78. The molecule has 0 aromatic carbocycles. The molecule has 15 heavy (non-hydrogen) atoms. The minimum absolute atomic E-state index is 0.0499. The van der Waals surface area contributed by atoms with Crippen LogP contribution >= 0.6 is 0 Å². The van der Waals surface area contributed by atoms with Gasteiger partial charge in [-0.05, 0) is 32.6 Å². The zero-order chi connectivity index (χ0) is 11.1. The summed E-state index contributed by atoms with van der Waals surface area (Å²) in [6.45, 7) is 3.70. The van der Waals surface area contributed by atoms with Gasteiger partial charge < -0.3 is 15.8 Å². The number of carbonyl (C=O) groups excluding carboxylic acids is 1. The van der Waals surface area contributed by atoms with Gasteiger partial charge in [-0.2, -0.15) is 0 Å². The van der Waals surface area contributed by atoms with Gasteiger partial charge in [0.15, 0.2) is 0 Å². The van der Waals surface area contributed by atoms with E-state index in [2.05, 4.69) is 5.32 Å². The van der Waals surface area contributed by atoms with Crippen molar-refractivity contribution in [1.82, 2.24) is 5.32 Å². The van der Waals surface area contributed by atoms with Crippen LogP contribution in [0.3, 0.4) is 0 Å². The zero-order valence-corrected chi connectivity index (χ0v) is 9.45. The predicted octanol–water partition coefficient (Wildman–Crippen LogP) is 0.550. The Balaban J connectivity index is 1.90. The van der Waals surface area contributed by atoms with Crippen LogP contribution in [0.15, 0.2) is 0 Å². The molecule has 4 atom stereocenters. The van der Waals surface area contributed by atoms with Crippen molar-refractivity contribution in [2.24, 2.45) is 5.73 Å². The van der Waals surface area contributed by atoms with Crippen LogP contribution in [0.2, 0.25) is 0 Å². The van der Waals surface area contributed by atoms with E-state index in [9.17, 15) is 4.79 Å². The Labute approximate surface area is 90.5 Å². The number of ether oxygens (including phenoxy) is 1. The Morgan fingerprint density at radius 1 is 1.60 bits per heavy atom. The maximum atomic E-state index is 11.8. The maximum Gasteiger partial charge on any atom is 0.240 e. The van der Waals surface area contributed by atoms with E-state index in [0.717, 1.165) is 19.3 Å². The summed E-state index contributed by atoms with van der Waals surface area (Å²) in [5, 5.41) is 3.01. The number of carbonyl (C=O) groups is 1. The van der Waals surface area contributed by atoms with Gasteiger partial charge in [-0.15, -0.1) is 0 Å². The molecule has 0 saturated carbocycles. The third kappa shape index (κ3) is 2.01. The fourth-order valence-electron chi connectivity index (χ4n) is 2.28. The van der Waals surface area contributed by atoms with Crippen LogP contribution in [-0.2, 0) is 9.53 Å². The molecule has 2 fully saturated rings. The van der Waals surface area contributed by atoms with Crippen molar-refractivity contribution in [1.29, 1.82) is 0 Å². The predicted molar refractivity (Wildman–Crippen MR) is 57.3 cm³/mol. The molecule has 2 aliphatic heterocycles. The lowest BCUT2D eigenvalue weighted by atomic mass is 9.93. The monoisotopic (exact) mass is 212 g/mol. The normalized spacial score (nSPS) is 37.7. The first-order chi connectivity index (χ1) is 7.03. The lowest BCUT2D eigenvalue weighted by Crippen LogP contribution is -2.55. The first kappa shape index (κ1) is 10.9. The van der Waals surface area contributed by atoms with E-state index in [4.69, 9.17) is 10.5 Å². The molecule has 0 aromatic heterocycles. The second-order valence-electron chi connectivity index (χ2n) is 4.96. The van der Waals surface area contributed by atoms with Gasteiger partial charge >= 0.3 is 0 Å². The Hall–Kier alpha value is -0.610. The van der Waals surface area contributed by atoms with Crippen LogP contribution in [0, 0.1) is 0 Å². The van der Waals surface area contributed by atoms with Crippen molar-refractivity contribution in [2.75, 3.05) is 0 Å². The number of nitrogens with two attached hydrogens (primary N) is 1. The quantitative estimate of drug-likeness (QED) is 0.718. The lowest BCUT2D eigenvalue weighted by molar-refractivity contribution is -0.127.